The first kappa shape index (κ1) is 16.2. The van der Waals surface area contributed by atoms with E-state index in [2.05, 4.69) is 38.8 Å². The lowest BCUT2D eigenvalue weighted by Gasteiger charge is -2.07. The minimum Gasteiger partial charge on any atom is -0.360 e. The van der Waals surface area contributed by atoms with Gasteiger partial charge in [-0.05, 0) is 30.7 Å². The highest BCUT2D eigenvalue weighted by atomic mass is 35.5. The van der Waals surface area contributed by atoms with Crippen molar-refractivity contribution in [2.45, 2.75) is 24.4 Å². The van der Waals surface area contributed by atoms with Crippen molar-refractivity contribution < 1.29 is 0 Å². The zero-order valence-electron chi connectivity index (χ0n) is 13.7. The lowest BCUT2D eigenvalue weighted by Crippen LogP contribution is -1.99. The minimum absolute atomic E-state index is 0.757. The second-order valence-electron chi connectivity index (χ2n) is 5.71. The van der Waals surface area contributed by atoms with Crippen molar-refractivity contribution in [3.05, 3.63) is 65.3 Å². The van der Waals surface area contributed by atoms with Gasteiger partial charge in [0.1, 0.15) is 0 Å². The maximum absolute atomic E-state index is 5.95. The van der Waals surface area contributed by atoms with Crippen LogP contribution in [0.15, 0.2) is 59.9 Å². The Balaban J connectivity index is 1.64. The van der Waals surface area contributed by atoms with E-state index in [0.717, 1.165) is 39.4 Å². The van der Waals surface area contributed by atoms with Gasteiger partial charge in [-0.1, -0.05) is 53.7 Å². The number of rotatable bonds is 5. The van der Waals surface area contributed by atoms with Crippen LogP contribution in [0, 0.1) is 0 Å². The number of H-pyrrole nitrogens is 1. The van der Waals surface area contributed by atoms with Gasteiger partial charge in [-0.25, -0.2) is 0 Å². The van der Waals surface area contributed by atoms with Gasteiger partial charge in [0.2, 0.25) is 0 Å². The molecule has 0 saturated carbocycles. The van der Waals surface area contributed by atoms with E-state index < -0.39 is 0 Å². The molecule has 0 unspecified atom stereocenters. The highest BCUT2D eigenvalue weighted by Gasteiger charge is 2.16. The molecule has 0 saturated heterocycles. The smallest absolute Gasteiger partial charge is 0.191 e. The number of aromatic nitrogens is 4. The molecule has 6 heteroatoms. The Morgan fingerprint density at radius 1 is 1.08 bits per heavy atom. The maximum Gasteiger partial charge on any atom is 0.191 e. The van der Waals surface area contributed by atoms with Gasteiger partial charge in [-0.15, -0.1) is 10.2 Å². The van der Waals surface area contributed by atoms with Crippen molar-refractivity contribution in [1.29, 1.82) is 0 Å². The molecular weight excluding hydrogens is 352 g/mol. The normalized spacial score (nSPS) is 11.3. The number of nitrogens with zero attached hydrogens (tertiary/aromatic N) is 3. The van der Waals surface area contributed by atoms with Gasteiger partial charge >= 0.3 is 0 Å². The third kappa shape index (κ3) is 3.17. The molecule has 0 aliphatic carbocycles. The molecule has 126 valence electrons. The van der Waals surface area contributed by atoms with Crippen LogP contribution in [0.5, 0.6) is 0 Å². The first-order valence-corrected chi connectivity index (χ1v) is 9.49. The van der Waals surface area contributed by atoms with Crippen molar-refractivity contribution in [1.82, 2.24) is 19.7 Å². The minimum atomic E-state index is 0.757. The van der Waals surface area contributed by atoms with Gasteiger partial charge < -0.3 is 9.55 Å². The molecule has 4 nitrogen and oxygen atoms in total. The number of halogens is 1. The Morgan fingerprint density at radius 2 is 1.88 bits per heavy atom. The Hall–Kier alpha value is -2.24. The number of aromatic amines is 1. The fourth-order valence-electron chi connectivity index (χ4n) is 2.86. The van der Waals surface area contributed by atoms with Gasteiger partial charge in [0.25, 0.3) is 0 Å². The van der Waals surface area contributed by atoms with Crippen LogP contribution in [0.25, 0.3) is 22.3 Å². The van der Waals surface area contributed by atoms with Crippen LogP contribution in [0.3, 0.4) is 0 Å². The molecule has 0 aliphatic heterocycles. The molecule has 0 amide bonds. The summed E-state index contributed by atoms with van der Waals surface area (Å²) in [6.45, 7) is 2.94. The number of para-hydroxylation sites is 1. The second kappa shape index (κ2) is 6.94. The fraction of sp³-hybridized carbons (Fsp3) is 0.158. The third-order valence-electron chi connectivity index (χ3n) is 4.14. The van der Waals surface area contributed by atoms with Gasteiger partial charge in [0, 0.05) is 40.0 Å². The van der Waals surface area contributed by atoms with Gasteiger partial charge in [0.15, 0.2) is 11.0 Å². The van der Waals surface area contributed by atoms with E-state index in [4.69, 9.17) is 11.6 Å². The van der Waals surface area contributed by atoms with E-state index in [-0.39, 0.29) is 0 Å². The molecule has 0 radical (unpaired) electrons. The highest BCUT2D eigenvalue weighted by molar-refractivity contribution is 7.98. The molecule has 0 bridgehead atoms. The van der Waals surface area contributed by atoms with E-state index in [9.17, 15) is 0 Å². The van der Waals surface area contributed by atoms with Crippen LogP contribution in [0.4, 0.5) is 0 Å². The lowest BCUT2D eigenvalue weighted by molar-refractivity contribution is 0.687. The van der Waals surface area contributed by atoms with Crippen molar-refractivity contribution in [3.8, 4) is 11.4 Å². The molecular formula is C19H17ClN4S. The zero-order chi connectivity index (χ0) is 17.2. The van der Waals surface area contributed by atoms with E-state index in [1.807, 2.05) is 42.6 Å². The highest BCUT2D eigenvalue weighted by Crippen LogP contribution is 2.31. The van der Waals surface area contributed by atoms with E-state index in [0.29, 0.717) is 0 Å². The molecule has 0 fully saturated rings. The molecule has 2 aromatic carbocycles. The Labute approximate surface area is 155 Å². The Morgan fingerprint density at radius 3 is 2.68 bits per heavy atom. The largest absolute Gasteiger partial charge is 0.360 e. The Bertz CT molecular complexity index is 1000. The topological polar surface area (TPSA) is 46.5 Å². The fourth-order valence-corrected chi connectivity index (χ4v) is 3.95. The van der Waals surface area contributed by atoms with Crippen LogP contribution >= 0.6 is 23.4 Å². The summed E-state index contributed by atoms with van der Waals surface area (Å²) in [6.07, 6.45) is 2.01. The number of nitrogens with one attached hydrogen (secondary N) is 1. The lowest BCUT2D eigenvalue weighted by atomic mass is 10.1. The summed E-state index contributed by atoms with van der Waals surface area (Å²) in [5, 5.41) is 11.7. The number of hydrogen-bond donors (Lipinski definition) is 1. The molecule has 2 heterocycles. The van der Waals surface area contributed by atoms with Crippen LogP contribution in [0.2, 0.25) is 5.02 Å². The van der Waals surface area contributed by atoms with E-state index in [1.54, 1.807) is 11.8 Å². The third-order valence-corrected chi connectivity index (χ3v) is 5.43. The second-order valence-corrected chi connectivity index (χ2v) is 7.09. The molecule has 0 spiro atoms. The molecule has 0 aliphatic rings. The monoisotopic (exact) mass is 368 g/mol. The predicted octanol–water partition coefficient (Wildman–Crippen LogP) is 5.39. The zero-order valence-corrected chi connectivity index (χ0v) is 15.3. The molecule has 4 rings (SSSR count). The molecule has 0 atom stereocenters. The maximum atomic E-state index is 5.95. The van der Waals surface area contributed by atoms with Crippen molar-refractivity contribution in [2.75, 3.05) is 0 Å². The van der Waals surface area contributed by atoms with Crippen molar-refractivity contribution >= 4 is 34.3 Å². The van der Waals surface area contributed by atoms with Gasteiger partial charge in [0.05, 0.1) is 0 Å². The number of hydrogen-bond acceptors (Lipinski definition) is 3. The van der Waals surface area contributed by atoms with E-state index in [1.165, 1.54) is 10.9 Å². The van der Waals surface area contributed by atoms with Crippen LogP contribution in [0.1, 0.15) is 12.5 Å². The first-order valence-electron chi connectivity index (χ1n) is 8.13. The number of benzene rings is 2. The molecule has 25 heavy (non-hydrogen) atoms. The predicted molar refractivity (Wildman–Crippen MR) is 104 cm³/mol. The van der Waals surface area contributed by atoms with E-state index >= 15 is 0 Å². The standard InChI is InChI=1S/C19H17ClN4S/c1-2-24-18(16-11-21-17-6-4-3-5-15(16)17)22-23-19(24)25-12-13-7-9-14(20)10-8-13/h3-11,21H,2,12H2,1H3. The SMILES string of the molecule is CCn1c(SCc2ccc(Cl)cc2)nnc1-c1c[nH]c2ccccc12. The first-order chi connectivity index (χ1) is 12.3. The average Bonchev–Trinajstić information content (AvgIpc) is 3.24. The van der Waals surface area contributed by atoms with Crippen molar-refractivity contribution in [2.24, 2.45) is 0 Å². The average molecular weight is 369 g/mol. The molecule has 2 aromatic heterocycles. The van der Waals surface area contributed by atoms with Gasteiger partial charge in [-0.3, -0.25) is 0 Å². The number of fused-ring (bicyclic) bond motifs is 1. The van der Waals surface area contributed by atoms with Crippen LogP contribution in [-0.4, -0.2) is 19.7 Å². The molecule has 4 aromatic rings. The summed E-state index contributed by atoms with van der Waals surface area (Å²) >= 11 is 7.64. The summed E-state index contributed by atoms with van der Waals surface area (Å²) in [5.74, 6) is 1.74. The Kier molecular flexibility index (Phi) is 4.51. The van der Waals surface area contributed by atoms with Crippen molar-refractivity contribution in [3.63, 3.8) is 0 Å². The van der Waals surface area contributed by atoms with Gasteiger partial charge in [-0.2, -0.15) is 0 Å². The summed E-state index contributed by atoms with van der Waals surface area (Å²) in [7, 11) is 0. The number of thioether (sulfide) groups is 1. The quantitative estimate of drug-likeness (QED) is 0.480. The molecule has 1 N–H and O–H groups in total. The van der Waals surface area contributed by atoms with Crippen LogP contribution < -0.4 is 0 Å². The summed E-state index contributed by atoms with van der Waals surface area (Å²) in [6, 6.07) is 16.2. The van der Waals surface area contributed by atoms with Crippen LogP contribution in [-0.2, 0) is 12.3 Å². The summed E-state index contributed by atoms with van der Waals surface area (Å²) < 4.78 is 2.16. The summed E-state index contributed by atoms with van der Waals surface area (Å²) in [4.78, 5) is 3.31. The summed E-state index contributed by atoms with van der Waals surface area (Å²) in [5.41, 5.74) is 3.41.